The Kier molecular flexibility index (Phi) is 6.18. The van der Waals surface area contributed by atoms with Gasteiger partial charge in [-0.3, -0.25) is 14.5 Å². The van der Waals surface area contributed by atoms with Crippen LogP contribution in [0, 0.1) is 0 Å². The molecular weight excluding hydrogens is 266 g/mol. The molecule has 0 saturated carbocycles. The topological polar surface area (TPSA) is 46.6 Å². The average Bonchev–Trinajstić information content (AvgIpc) is 2.91. The third-order valence-electron chi connectivity index (χ3n) is 3.94. The molecule has 2 aliphatic heterocycles. The molecule has 0 unspecified atom stereocenters. The molecular formula is C17H25NO3. The summed E-state index contributed by atoms with van der Waals surface area (Å²) in [5.41, 5.74) is 1.17. The van der Waals surface area contributed by atoms with Crippen LogP contribution in [0.1, 0.15) is 51.9 Å². The summed E-state index contributed by atoms with van der Waals surface area (Å²) in [5.74, 6) is -0.0612. The predicted molar refractivity (Wildman–Crippen MR) is 81.7 cm³/mol. The fourth-order valence-corrected chi connectivity index (χ4v) is 2.77. The maximum atomic E-state index is 11.9. The van der Waals surface area contributed by atoms with Crippen LogP contribution < -0.4 is 0 Å². The standard InChI is InChI=1S/C17H25NO3/c1-14(13-15-8-4-5-12-21-15)7-2-3-9-16(19)18-11-6-10-17(18)20/h2,7,13,15H,3-6,8-12H2,1H3/b7-2+,14-13-/t15-/m0/s1. The molecule has 2 heterocycles. The zero-order valence-electron chi connectivity index (χ0n) is 12.8. The first kappa shape index (κ1) is 16.0. The lowest BCUT2D eigenvalue weighted by molar-refractivity contribution is -0.141. The van der Waals surface area contributed by atoms with Gasteiger partial charge in [0.15, 0.2) is 0 Å². The Labute approximate surface area is 126 Å². The van der Waals surface area contributed by atoms with Crippen LogP contribution in [0.5, 0.6) is 0 Å². The van der Waals surface area contributed by atoms with Gasteiger partial charge in [-0.25, -0.2) is 0 Å². The highest BCUT2D eigenvalue weighted by Crippen LogP contribution is 2.16. The van der Waals surface area contributed by atoms with Crippen LogP contribution in [-0.4, -0.2) is 36.0 Å². The minimum Gasteiger partial charge on any atom is -0.374 e. The second-order valence-electron chi connectivity index (χ2n) is 5.80. The van der Waals surface area contributed by atoms with Gasteiger partial charge in [0.05, 0.1) is 6.10 Å². The second-order valence-corrected chi connectivity index (χ2v) is 5.80. The molecule has 2 amide bonds. The molecule has 4 heteroatoms. The first-order valence-electron chi connectivity index (χ1n) is 7.96. The van der Waals surface area contributed by atoms with Gasteiger partial charge in [-0.1, -0.05) is 23.8 Å². The third kappa shape index (κ3) is 5.12. The molecule has 1 atom stereocenters. The van der Waals surface area contributed by atoms with E-state index in [0.29, 0.717) is 25.8 Å². The van der Waals surface area contributed by atoms with Crippen molar-refractivity contribution in [2.24, 2.45) is 0 Å². The van der Waals surface area contributed by atoms with Crippen molar-refractivity contribution in [3.05, 3.63) is 23.8 Å². The molecule has 4 nitrogen and oxygen atoms in total. The summed E-state index contributed by atoms with van der Waals surface area (Å²) in [6.45, 7) is 3.51. The van der Waals surface area contributed by atoms with Crippen LogP contribution in [0.25, 0.3) is 0 Å². The second kappa shape index (κ2) is 8.13. The maximum Gasteiger partial charge on any atom is 0.229 e. The van der Waals surface area contributed by atoms with Gasteiger partial charge in [-0.15, -0.1) is 0 Å². The molecule has 0 spiro atoms. The Balaban J connectivity index is 1.70. The van der Waals surface area contributed by atoms with Crippen LogP contribution in [0.4, 0.5) is 0 Å². The van der Waals surface area contributed by atoms with Crippen molar-refractivity contribution in [2.75, 3.05) is 13.2 Å². The van der Waals surface area contributed by atoms with Gasteiger partial charge in [-0.2, -0.15) is 0 Å². The lowest BCUT2D eigenvalue weighted by atomic mass is 10.1. The van der Waals surface area contributed by atoms with E-state index in [1.165, 1.54) is 16.9 Å². The van der Waals surface area contributed by atoms with Crippen LogP contribution in [0.3, 0.4) is 0 Å². The molecule has 2 rings (SSSR count). The van der Waals surface area contributed by atoms with E-state index in [-0.39, 0.29) is 17.9 Å². The normalized spacial score (nSPS) is 24.0. The van der Waals surface area contributed by atoms with Crippen molar-refractivity contribution in [3.8, 4) is 0 Å². The number of rotatable bonds is 5. The molecule has 2 aliphatic rings. The molecule has 0 radical (unpaired) electrons. The highest BCUT2D eigenvalue weighted by atomic mass is 16.5. The first-order valence-corrected chi connectivity index (χ1v) is 7.96. The van der Waals surface area contributed by atoms with Crippen LogP contribution in [0.2, 0.25) is 0 Å². The highest BCUT2D eigenvalue weighted by Gasteiger charge is 2.25. The SMILES string of the molecule is CC(=C/[C@@H]1CCCCO1)/C=C/CCC(=O)N1CCCC1=O. The van der Waals surface area contributed by atoms with Gasteiger partial charge in [0.2, 0.25) is 11.8 Å². The number of allylic oxidation sites excluding steroid dienone is 3. The molecule has 2 fully saturated rings. The third-order valence-corrected chi connectivity index (χ3v) is 3.94. The number of hydrogen-bond donors (Lipinski definition) is 0. The Morgan fingerprint density at radius 2 is 2.24 bits per heavy atom. The van der Waals surface area contributed by atoms with Gasteiger partial charge in [0.1, 0.15) is 0 Å². The summed E-state index contributed by atoms with van der Waals surface area (Å²) in [6, 6.07) is 0. The molecule has 0 aromatic carbocycles. The van der Waals surface area contributed by atoms with Gasteiger partial charge in [-0.05, 0) is 39.0 Å². The number of hydrogen-bond acceptors (Lipinski definition) is 3. The van der Waals surface area contributed by atoms with Crippen molar-refractivity contribution in [2.45, 2.75) is 58.0 Å². The van der Waals surface area contributed by atoms with Gasteiger partial charge < -0.3 is 4.74 Å². The van der Waals surface area contributed by atoms with Gasteiger partial charge in [0, 0.05) is 26.0 Å². The molecule has 0 aromatic heterocycles. The van der Waals surface area contributed by atoms with E-state index in [1.807, 2.05) is 12.2 Å². The minimum atomic E-state index is -0.0422. The number of carbonyl (C=O) groups is 2. The Morgan fingerprint density at radius 1 is 1.38 bits per heavy atom. The monoisotopic (exact) mass is 291 g/mol. The van der Waals surface area contributed by atoms with Crippen LogP contribution in [-0.2, 0) is 14.3 Å². The van der Waals surface area contributed by atoms with E-state index in [0.717, 1.165) is 25.9 Å². The fourth-order valence-electron chi connectivity index (χ4n) is 2.77. The van der Waals surface area contributed by atoms with Crippen molar-refractivity contribution in [3.63, 3.8) is 0 Å². The lowest BCUT2D eigenvalue weighted by Crippen LogP contribution is -2.31. The van der Waals surface area contributed by atoms with Crippen LogP contribution >= 0.6 is 0 Å². The van der Waals surface area contributed by atoms with Crippen LogP contribution in [0.15, 0.2) is 23.8 Å². The summed E-state index contributed by atoms with van der Waals surface area (Å²) in [6.07, 6.45) is 12.4. The lowest BCUT2D eigenvalue weighted by Gasteiger charge is -2.19. The molecule has 0 bridgehead atoms. The summed E-state index contributed by atoms with van der Waals surface area (Å²) in [7, 11) is 0. The highest BCUT2D eigenvalue weighted by molar-refractivity contribution is 5.96. The number of carbonyl (C=O) groups excluding carboxylic acids is 2. The zero-order chi connectivity index (χ0) is 15.1. The summed E-state index contributed by atoms with van der Waals surface area (Å²) in [4.78, 5) is 24.7. The number of imide groups is 1. The Bertz CT molecular complexity index is 433. The number of ether oxygens (including phenoxy) is 1. The van der Waals surface area contributed by atoms with E-state index in [1.54, 1.807) is 0 Å². The molecule has 0 aliphatic carbocycles. The van der Waals surface area contributed by atoms with E-state index >= 15 is 0 Å². The zero-order valence-corrected chi connectivity index (χ0v) is 12.8. The van der Waals surface area contributed by atoms with E-state index in [2.05, 4.69) is 13.0 Å². The molecule has 2 saturated heterocycles. The predicted octanol–water partition coefficient (Wildman–Crippen LogP) is 2.99. The number of amides is 2. The minimum absolute atomic E-state index is 0.0190. The largest absolute Gasteiger partial charge is 0.374 e. The van der Waals surface area contributed by atoms with Crippen molar-refractivity contribution >= 4 is 11.8 Å². The number of nitrogens with zero attached hydrogens (tertiary/aromatic N) is 1. The molecule has 0 N–H and O–H groups in total. The van der Waals surface area contributed by atoms with Gasteiger partial charge >= 0.3 is 0 Å². The maximum absolute atomic E-state index is 11.9. The molecule has 0 aromatic rings. The quantitative estimate of drug-likeness (QED) is 0.732. The smallest absolute Gasteiger partial charge is 0.229 e. The van der Waals surface area contributed by atoms with Crippen molar-refractivity contribution < 1.29 is 14.3 Å². The van der Waals surface area contributed by atoms with Crippen molar-refractivity contribution in [1.82, 2.24) is 4.90 Å². The van der Waals surface area contributed by atoms with E-state index < -0.39 is 0 Å². The molecule has 116 valence electrons. The van der Waals surface area contributed by atoms with E-state index in [9.17, 15) is 9.59 Å². The number of likely N-dealkylation sites (tertiary alicyclic amines) is 1. The van der Waals surface area contributed by atoms with Crippen molar-refractivity contribution in [1.29, 1.82) is 0 Å². The molecule has 21 heavy (non-hydrogen) atoms. The average molecular weight is 291 g/mol. The summed E-state index contributed by atoms with van der Waals surface area (Å²) >= 11 is 0. The fraction of sp³-hybridized carbons (Fsp3) is 0.647. The summed E-state index contributed by atoms with van der Waals surface area (Å²) < 4.78 is 5.66. The van der Waals surface area contributed by atoms with E-state index in [4.69, 9.17) is 4.74 Å². The Morgan fingerprint density at radius 3 is 2.90 bits per heavy atom. The first-order chi connectivity index (χ1) is 10.2. The van der Waals surface area contributed by atoms with Gasteiger partial charge in [0.25, 0.3) is 0 Å². The Hall–Kier alpha value is -1.42. The summed E-state index contributed by atoms with van der Waals surface area (Å²) in [5, 5.41) is 0.